The molecule has 94 valence electrons. The quantitative estimate of drug-likeness (QED) is 0.680. The zero-order valence-corrected chi connectivity index (χ0v) is 10.4. The molecule has 2 rings (SSSR count). The van der Waals surface area contributed by atoms with Crippen molar-refractivity contribution in [1.29, 1.82) is 0 Å². The second-order valence-electron chi connectivity index (χ2n) is 3.80. The Labute approximate surface area is 108 Å². The fourth-order valence-electron chi connectivity index (χ4n) is 1.45. The van der Waals surface area contributed by atoms with Crippen LogP contribution < -0.4 is 0 Å². The summed E-state index contributed by atoms with van der Waals surface area (Å²) in [5.41, 5.74) is 0.732. The summed E-state index contributed by atoms with van der Waals surface area (Å²) in [7, 11) is 1.81. The Kier molecular flexibility index (Phi) is 3.53. The summed E-state index contributed by atoms with van der Waals surface area (Å²) in [6, 6.07) is 3.11. The molecule has 2 aromatic heterocycles. The van der Waals surface area contributed by atoms with E-state index in [1.807, 2.05) is 7.05 Å². The Hall–Kier alpha value is -2.01. The molecule has 2 heterocycles. The topological polar surface area (TPSA) is 64.1 Å². The lowest BCUT2D eigenvalue weighted by atomic mass is 10.2. The number of nitrogens with zero attached hydrogens (tertiary/aromatic N) is 1. The standard InChI is InChI=1S/C12H11ClN2O3/c1-15-3-2-8(6-15)11(16)7-18-12(17)10-4-9(13)5-14-10/h2-6,14H,7H2,1H3. The summed E-state index contributed by atoms with van der Waals surface area (Å²) < 4.78 is 6.63. The third-order valence-electron chi connectivity index (χ3n) is 2.36. The molecule has 0 aliphatic rings. The fraction of sp³-hybridized carbons (Fsp3) is 0.167. The summed E-state index contributed by atoms with van der Waals surface area (Å²) >= 11 is 5.66. The molecule has 6 heteroatoms. The third-order valence-corrected chi connectivity index (χ3v) is 2.57. The molecule has 18 heavy (non-hydrogen) atoms. The van der Waals surface area contributed by atoms with Crippen LogP contribution in [0, 0.1) is 0 Å². The van der Waals surface area contributed by atoms with Gasteiger partial charge in [-0.25, -0.2) is 4.79 Å². The molecule has 5 nitrogen and oxygen atoms in total. The number of rotatable bonds is 4. The molecule has 0 saturated heterocycles. The highest BCUT2D eigenvalue weighted by molar-refractivity contribution is 6.30. The third kappa shape index (κ3) is 2.81. The van der Waals surface area contributed by atoms with E-state index in [0.717, 1.165) is 0 Å². The minimum absolute atomic E-state index is 0.223. The van der Waals surface area contributed by atoms with Crippen LogP contribution in [-0.2, 0) is 11.8 Å². The summed E-state index contributed by atoms with van der Waals surface area (Å²) in [6.45, 7) is -0.292. The lowest BCUT2D eigenvalue weighted by molar-refractivity contribution is 0.0469. The summed E-state index contributed by atoms with van der Waals surface area (Å²) in [5.74, 6) is -0.854. The molecular formula is C12H11ClN2O3. The molecule has 0 saturated carbocycles. The lowest BCUT2D eigenvalue weighted by Crippen LogP contribution is -2.14. The minimum Gasteiger partial charge on any atom is -0.453 e. The Morgan fingerprint density at radius 3 is 2.83 bits per heavy atom. The van der Waals surface area contributed by atoms with E-state index in [1.165, 1.54) is 12.3 Å². The average Bonchev–Trinajstić information content (AvgIpc) is 2.94. The number of hydrogen-bond acceptors (Lipinski definition) is 3. The maximum Gasteiger partial charge on any atom is 0.355 e. The average molecular weight is 267 g/mol. The van der Waals surface area contributed by atoms with Crippen LogP contribution in [0.25, 0.3) is 0 Å². The normalized spacial score (nSPS) is 10.3. The number of esters is 1. The van der Waals surface area contributed by atoms with Crippen LogP contribution in [0.4, 0.5) is 0 Å². The molecule has 0 spiro atoms. The minimum atomic E-state index is -0.605. The number of aromatic amines is 1. The zero-order chi connectivity index (χ0) is 13.1. The van der Waals surface area contributed by atoms with Crippen molar-refractivity contribution in [3.8, 4) is 0 Å². The van der Waals surface area contributed by atoms with E-state index in [-0.39, 0.29) is 18.1 Å². The number of hydrogen-bond donors (Lipinski definition) is 1. The van der Waals surface area contributed by atoms with Crippen molar-refractivity contribution in [2.75, 3.05) is 6.61 Å². The van der Waals surface area contributed by atoms with E-state index in [4.69, 9.17) is 16.3 Å². The highest BCUT2D eigenvalue weighted by Crippen LogP contribution is 2.10. The summed E-state index contributed by atoms with van der Waals surface area (Å²) in [4.78, 5) is 25.9. The Morgan fingerprint density at radius 2 is 2.28 bits per heavy atom. The predicted molar refractivity (Wildman–Crippen MR) is 65.8 cm³/mol. The highest BCUT2D eigenvalue weighted by atomic mass is 35.5. The number of carbonyl (C=O) groups excluding carboxylic acids is 2. The van der Waals surface area contributed by atoms with Crippen molar-refractivity contribution in [3.05, 3.63) is 47.0 Å². The zero-order valence-electron chi connectivity index (χ0n) is 9.64. The van der Waals surface area contributed by atoms with E-state index in [1.54, 1.807) is 23.0 Å². The number of H-pyrrole nitrogens is 1. The van der Waals surface area contributed by atoms with Gasteiger partial charge in [-0.3, -0.25) is 4.79 Å². The van der Waals surface area contributed by atoms with Crippen LogP contribution in [0.3, 0.4) is 0 Å². The van der Waals surface area contributed by atoms with Gasteiger partial charge in [-0.15, -0.1) is 0 Å². The Bertz CT molecular complexity index is 533. The first-order chi connectivity index (χ1) is 8.56. The number of halogens is 1. The summed E-state index contributed by atoms with van der Waals surface area (Å²) in [5, 5.41) is 0.413. The van der Waals surface area contributed by atoms with E-state index in [9.17, 15) is 9.59 Å². The first kappa shape index (κ1) is 12.4. The van der Waals surface area contributed by atoms with E-state index >= 15 is 0 Å². The molecule has 1 N–H and O–H groups in total. The monoisotopic (exact) mass is 266 g/mol. The van der Waals surface area contributed by atoms with E-state index in [2.05, 4.69) is 4.98 Å². The molecule has 0 unspecified atom stereocenters. The number of aryl methyl sites for hydroxylation is 1. The number of ketones is 1. The number of nitrogens with one attached hydrogen (secondary N) is 1. The van der Waals surface area contributed by atoms with Gasteiger partial charge < -0.3 is 14.3 Å². The predicted octanol–water partition coefficient (Wildman–Crippen LogP) is 2.05. The second-order valence-corrected chi connectivity index (χ2v) is 4.23. The Balaban J connectivity index is 1.92. The van der Waals surface area contributed by atoms with Crippen molar-refractivity contribution >= 4 is 23.4 Å². The van der Waals surface area contributed by atoms with Gasteiger partial charge >= 0.3 is 5.97 Å². The molecular weight excluding hydrogens is 256 g/mol. The van der Waals surface area contributed by atoms with Crippen molar-refractivity contribution in [3.63, 3.8) is 0 Å². The van der Waals surface area contributed by atoms with Gasteiger partial charge in [0.15, 0.2) is 6.61 Å². The molecule has 0 fully saturated rings. The van der Waals surface area contributed by atoms with Crippen LogP contribution in [0.1, 0.15) is 20.8 Å². The first-order valence-corrected chi connectivity index (χ1v) is 5.60. The van der Waals surface area contributed by atoms with Gasteiger partial charge in [0.25, 0.3) is 0 Å². The number of aromatic nitrogens is 2. The van der Waals surface area contributed by atoms with Gasteiger partial charge in [0.1, 0.15) is 5.69 Å². The first-order valence-electron chi connectivity index (χ1n) is 5.22. The second kappa shape index (κ2) is 5.10. The van der Waals surface area contributed by atoms with Crippen LogP contribution >= 0.6 is 11.6 Å². The number of Topliss-reactive ketones (excluding diaryl/α,β-unsaturated/α-hetero) is 1. The van der Waals surface area contributed by atoms with Gasteiger partial charge in [0, 0.05) is 31.2 Å². The van der Waals surface area contributed by atoms with Crippen LogP contribution in [0.15, 0.2) is 30.7 Å². The SMILES string of the molecule is Cn1ccc(C(=O)COC(=O)c2cc(Cl)c[nH]2)c1. The van der Waals surface area contributed by atoms with Crippen molar-refractivity contribution in [1.82, 2.24) is 9.55 Å². The van der Waals surface area contributed by atoms with Crippen molar-refractivity contribution in [2.45, 2.75) is 0 Å². The van der Waals surface area contributed by atoms with Crippen molar-refractivity contribution in [2.24, 2.45) is 7.05 Å². The lowest BCUT2D eigenvalue weighted by Gasteiger charge is -2.01. The van der Waals surface area contributed by atoms with Crippen molar-refractivity contribution < 1.29 is 14.3 Å². The van der Waals surface area contributed by atoms with Gasteiger partial charge in [0.05, 0.1) is 5.02 Å². The molecule has 0 amide bonds. The molecule has 0 atom stereocenters. The van der Waals surface area contributed by atoms with Gasteiger partial charge in [-0.1, -0.05) is 11.6 Å². The van der Waals surface area contributed by atoms with Gasteiger partial charge in [-0.05, 0) is 12.1 Å². The van der Waals surface area contributed by atoms with Gasteiger partial charge in [0.2, 0.25) is 5.78 Å². The maximum atomic E-state index is 11.7. The molecule has 2 aromatic rings. The summed E-state index contributed by atoms with van der Waals surface area (Å²) in [6.07, 6.45) is 4.89. The molecule has 0 bridgehead atoms. The van der Waals surface area contributed by atoms with Crippen LogP contribution in [-0.4, -0.2) is 27.9 Å². The number of carbonyl (C=O) groups is 2. The molecule has 0 radical (unpaired) electrons. The maximum absolute atomic E-state index is 11.7. The smallest absolute Gasteiger partial charge is 0.355 e. The largest absolute Gasteiger partial charge is 0.453 e. The van der Waals surface area contributed by atoms with E-state index < -0.39 is 5.97 Å². The van der Waals surface area contributed by atoms with Crippen LogP contribution in [0.2, 0.25) is 5.02 Å². The highest BCUT2D eigenvalue weighted by Gasteiger charge is 2.13. The van der Waals surface area contributed by atoms with Crippen LogP contribution in [0.5, 0.6) is 0 Å². The molecule has 0 aromatic carbocycles. The van der Waals surface area contributed by atoms with E-state index in [0.29, 0.717) is 10.6 Å². The van der Waals surface area contributed by atoms with Gasteiger partial charge in [-0.2, -0.15) is 0 Å². The fourth-order valence-corrected chi connectivity index (χ4v) is 1.61. The molecule has 0 aliphatic carbocycles. The Morgan fingerprint density at radius 1 is 1.50 bits per heavy atom. The number of ether oxygens (including phenoxy) is 1. The molecule has 0 aliphatic heterocycles.